The zero-order valence-electron chi connectivity index (χ0n) is 23.7. The standard InChI is InChI=1S/C31H39F3N2O3/c1-7-13-36(29(38)20(3)8-2)18-22-9-11-26(14-21(22)4)35-28(37)16-23-17-30(5,6)39-19-24-15-25(31(32,33)34)10-12-27(23)24/h9-12,14-16,20H,7-8,13,17-19H2,1-6H3,(H,35,37)/b23-16+/t20-/m1/s1. The van der Waals surface area contributed by atoms with E-state index in [-0.39, 0.29) is 24.3 Å². The molecule has 0 unspecified atom stereocenters. The molecule has 0 saturated heterocycles. The fourth-order valence-corrected chi connectivity index (χ4v) is 4.73. The summed E-state index contributed by atoms with van der Waals surface area (Å²) in [4.78, 5) is 27.7. The molecule has 212 valence electrons. The van der Waals surface area contributed by atoms with Crippen molar-refractivity contribution in [2.45, 2.75) is 85.7 Å². The number of anilines is 1. The third-order valence-electron chi connectivity index (χ3n) is 7.13. The van der Waals surface area contributed by atoms with E-state index in [0.717, 1.165) is 36.1 Å². The Morgan fingerprint density at radius 2 is 1.87 bits per heavy atom. The highest BCUT2D eigenvalue weighted by Crippen LogP contribution is 2.38. The third kappa shape index (κ3) is 7.94. The molecule has 1 N–H and O–H groups in total. The van der Waals surface area contributed by atoms with Gasteiger partial charge in [-0.15, -0.1) is 0 Å². The first-order chi connectivity index (χ1) is 18.2. The maximum absolute atomic E-state index is 13.3. The zero-order valence-corrected chi connectivity index (χ0v) is 23.7. The van der Waals surface area contributed by atoms with E-state index in [2.05, 4.69) is 5.32 Å². The summed E-state index contributed by atoms with van der Waals surface area (Å²) >= 11 is 0. The number of nitrogens with one attached hydrogen (secondary N) is 1. The van der Waals surface area contributed by atoms with Gasteiger partial charge in [0.1, 0.15) is 0 Å². The lowest BCUT2D eigenvalue weighted by Gasteiger charge is -2.26. The van der Waals surface area contributed by atoms with Crippen LogP contribution < -0.4 is 5.32 Å². The number of alkyl halides is 3. The van der Waals surface area contributed by atoms with E-state index < -0.39 is 17.3 Å². The Hall–Kier alpha value is -3.13. The van der Waals surface area contributed by atoms with Gasteiger partial charge >= 0.3 is 6.18 Å². The fourth-order valence-electron chi connectivity index (χ4n) is 4.73. The largest absolute Gasteiger partial charge is 0.416 e. The van der Waals surface area contributed by atoms with Crippen LogP contribution in [0, 0.1) is 12.8 Å². The molecule has 3 rings (SSSR count). The number of benzene rings is 2. The van der Waals surface area contributed by atoms with Crippen LogP contribution in [0.2, 0.25) is 0 Å². The van der Waals surface area contributed by atoms with Crippen LogP contribution in [0.4, 0.5) is 18.9 Å². The summed E-state index contributed by atoms with van der Waals surface area (Å²) in [6, 6.07) is 9.15. The summed E-state index contributed by atoms with van der Waals surface area (Å²) in [6.07, 6.45) is -0.993. The maximum atomic E-state index is 13.3. The molecule has 5 nitrogen and oxygen atoms in total. The lowest BCUT2D eigenvalue weighted by Crippen LogP contribution is -2.35. The number of aryl methyl sites for hydroxylation is 1. The number of hydrogen-bond donors (Lipinski definition) is 1. The number of nitrogens with zero attached hydrogens (tertiary/aromatic N) is 1. The van der Waals surface area contributed by atoms with Gasteiger partial charge in [-0.1, -0.05) is 32.9 Å². The second kappa shape index (κ2) is 12.4. The molecule has 1 aliphatic rings. The van der Waals surface area contributed by atoms with E-state index in [1.54, 1.807) is 6.07 Å². The smallest absolute Gasteiger partial charge is 0.371 e. The molecule has 1 aliphatic heterocycles. The van der Waals surface area contributed by atoms with Crippen molar-refractivity contribution in [2.24, 2.45) is 5.92 Å². The van der Waals surface area contributed by atoms with Crippen molar-refractivity contribution in [3.63, 3.8) is 0 Å². The second-order valence-electron chi connectivity index (χ2n) is 11.0. The Kier molecular flexibility index (Phi) is 9.64. The van der Waals surface area contributed by atoms with E-state index in [1.165, 1.54) is 12.1 Å². The van der Waals surface area contributed by atoms with Crippen molar-refractivity contribution in [3.05, 3.63) is 70.3 Å². The molecule has 0 aliphatic carbocycles. The third-order valence-corrected chi connectivity index (χ3v) is 7.13. The molecule has 1 heterocycles. The van der Waals surface area contributed by atoms with Crippen LogP contribution in [0.1, 0.15) is 81.7 Å². The summed E-state index contributed by atoms with van der Waals surface area (Å²) in [6.45, 7) is 12.9. The van der Waals surface area contributed by atoms with Crippen molar-refractivity contribution in [1.82, 2.24) is 4.90 Å². The lowest BCUT2D eigenvalue weighted by atomic mass is 9.91. The van der Waals surface area contributed by atoms with Gasteiger partial charge in [0.2, 0.25) is 11.8 Å². The molecule has 2 aromatic rings. The SMILES string of the molecule is CCCN(Cc1ccc(NC(=O)/C=C2\CC(C)(C)OCc3cc(C(F)(F)F)ccc32)cc1C)C(=O)[C@H](C)CC. The minimum atomic E-state index is -4.46. The maximum Gasteiger partial charge on any atom is 0.416 e. The number of carbonyl (C=O) groups excluding carboxylic acids is 2. The Morgan fingerprint density at radius 1 is 1.15 bits per heavy atom. The van der Waals surface area contributed by atoms with Gasteiger partial charge in [-0.05, 0) is 85.7 Å². The number of halogens is 3. The molecule has 1 atom stereocenters. The van der Waals surface area contributed by atoms with Gasteiger partial charge in [-0.3, -0.25) is 9.59 Å². The molecule has 0 saturated carbocycles. The van der Waals surface area contributed by atoms with Crippen LogP contribution in [-0.4, -0.2) is 28.9 Å². The molecule has 0 radical (unpaired) electrons. The first kappa shape index (κ1) is 30.4. The van der Waals surface area contributed by atoms with Crippen molar-refractivity contribution < 1.29 is 27.5 Å². The van der Waals surface area contributed by atoms with Crippen molar-refractivity contribution in [3.8, 4) is 0 Å². The molecule has 2 aromatic carbocycles. The van der Waals surface area contributed by atoms with Crippen LogP contribution >= 0.6 is 0 Å². The lowest BCUT2D eigenvalue weighted by molar-refractivity contribution is -0.138. The second-order valence-corrected chi connectivity index (χ2v) is 11.0. The van der Waals surface area contributed by atoms with Crippen LogP contribution in [-0.2, 0) is 33.7 Å². The van der Waals surface area contributed by atoms with E-state index in [9.17, 15) is 22.8 Å². The first-order valence-corrected chi connectivity index (χ1v) is 13.5. The number of carbonyl (C=O) groups is 2. The minimum absolute atomic E-state index is 0.0282. The zero-order chi connectivity index (χ0) is 29.0. The number of hydrogen-bond acceptors (Lipinski definition) is 3. The van der Waals surface area contributed by atoms with Gasteiger partial charge in [-0.2, -0.15) is 13.2 Å². The van der Waals surface area contributed by atoms with E-state index in [4.69, 9.17) is 4.74 Å². The molecule has 39 heavy (non-hydrogen) atoms. The van der Waals surface area contributed by atoms with Crippen molar-refractivity contribution in [1.29, 1.82) is 0 Å². The number of amides is 2. The molecule has 0 fully saturated rings. The highest BCUT2D eigenvalue weighted by molar-refractivity contribution is 6.04. The predicted octanol–water partition coefficient (Wildman–Crippen LogP) is 7.52. The monoisotopic (exact) mass is 544 g/mol. The Balaban J connectivity index is 1.82. The molecule has 2 amide bonds. The van der Waals surface area contributed by atoms with E-state index in [0.29, 0.717) is 41.9 Å². The van der Waals surface area contributed by atoms with Crippen LogP contribution in [0.25, 0.3) is 5.57 Å². The first-order valence-electron chi connectivity index (χ1n) is 13.5. The van der Waals surface area contributed by atoms with Gasteiger partial charge in [0.25, 0.3) is 0 Å². The Labute approximate surface area is 229 Å². The fraction of sp³-hybridized carbons (Fsp3) is 0.484. The van der Waals surface area contributed by atoms with Crippen molar-refractivity contribution in [2.75, 3.05) is 11.9 Å². The normalized spacial score (nSPS) is 16.8. The molecule has 0 spiro atoms. The van der Waals surface area contributed by atoms with E-state index >= 15 is 0 Å². The predicted molar refractivity (Wildman–Crippen MR) is 148 cm³/mol. The van der Waals surface area contributed by atoms with Gasteiger partial charge in [0, 0.05) is 37.2 Å². The molecular weight excluding hydrogens is 505 g/mol. The average Bonchev–Trinajstić information content (AvgIpc) is 2.98. The van der Waals surface area contributed by atoms with Crippen LogP contribution in [0.3, 0.4) is 0 Å². The van der Waals surface area contributed by atoms with Crippen LogP contribution in [0.5, 0.6) is 0 Å². The van der Waals surface area contributed by atoms with Gasteiger partial charge < -0.3 is 15.0 Å². The average molecular weight is 545 g/mol. The van der Waals surface area contributed by atoms with Gasteiger partial charge in [0.05, 0.1) is 17.8 Å². The van der Waals surface area contributed by atoms with Crippen molar-refractivity contribution >= 4 is 23.1 Å². The number of fused-ring (bicyclic) bond motifs is 1. The number of ether oxygens (including phenoxy) is 1. The molecule has 0 bridgehead atoms. The summed E-state index contributed by atoms with van der Waals surface area (Å²) < 4.78 is 45.7. The minimum Gasteiger partial charge on any atom is -0.371 e. The van der Waals surface area contributed by atoms with E-state index in [1.807, 2.05) is 58.6 Å². The Morgan fingerprint density at radius 3 is 2.49 bits per heavy atom. The van der Waals surface area contributed by atoms with Gasteiger partial charge in [0.15, 0.2) is 0 Å². The molecule has 8 heteroatoms. The number of rotatable bonds is 8. The summed E-state index contributed by atoms with van der Waals surface area (Å²) in [5.41, 5.74) is 2.76. The summed E-state index contributed by atoms with van der Waals surface area (Å²) in [5, 5.41) is 2.88. The quantitative estimate of drug-likeness (QED) is 0.350. The topological polar surface area (TPSA) is 58.6 Å². The summed E-state index contributed by atoms with van der Waals surface area (Å²) in [5.74, 6) is -0.269. The highest BCUT2D eigenvalue weighted by atomic mass is 19.4. The van der Waals surface area contributed by atoms with Gasteiger partial charge in [-0.25, -0.2) is 0 Å². The Bertz CT molecular complexity index is 1230. The molecule has 0 aromatic heterocycles. The van der Waals surface area contributed by atoms with Crippen LogP contribution in [0.15, 0.2) is 42.5 Å². The molecular formula is C31H39F3N2O3. The highest BCUT2D eigenvalue weighted by Gasteiger charge is 2.33. The summed E-state index contributed by atoms with van der Waals surface area (Å²) in [7, 11) is 0.